The van der Waals surface area contributed by atoms with E-state index in [9.17, 15) is 9.18 Å². The summed E-state index contributed by atoms with van der Waals surface area (Å²) in [5, 5.41) is 7.57. The molecule has 0 aromatic carbocycles. The van der Waals surface area contributed by atoms with Gasteiger partial charge in [0.05, 0.1) is 11.9 Å². The fourth-order valence-electron chi connectivity index (χ4n) is 1.23. The third-order valence-electron chi connectivity index (χ3n) is 1.86. The maximum atomic E-state index is 13.5. The van der Waals surface area contributed by atoms with Crippen molar-refractivity contribution < 1.29 is 13.9 Å². The molecule has 0 fully saturated rings. The number of rotatable bonds is 4. The Morgan fingerprint density at radius 1 is 1.62 bits per heavy atom. The van der Waals surface area contributed by atoms with E-state index in [0.717, 1.165) is 12.5 Å². The Morgan fingerprint density at radius 2 is 2.31 bits per heavy atom. The Balaban J connectivity index is 2.91. The molecule has 0 aliphatic carbocycles. The molecule has 0 saturated carbocycles. The third kappa shape index (κ3) is 3.12. The summed E-state index contributed by atoms with van der Waals surface area (Å²) < 4.78 is 18.2. The Morgan fingerprint density at radius 3 is 2.81 bits per heavy atom. The predicted molar refractivity (Wildman–Crippen MR) is 57.2 cm³/mol. The number of esters is 1. The van der Waals surface area contributed by atoms with Crippen molar-refractivity contribution in [3.05, 3.63) is 23.8 Å². The number of hydrogen-bond donors (Lipinski definition) is 1. The fourth-order valence-corrected chi connectivity index (χ4v) is 1.23. The lowest BCUT2D eigenvalue weighted by molar-refractivity contribution is -0.131. The van der Waals surface area contributed by atoms with E-state index in [1.54, 1.807) is 0 Å². The maximum Gasteiger partial charge on any atom is 0.308 e. The molecular formula is C11H13FN2O2. The van der Waals surface area contributed by atoms with E-state index in [1.807, 2.05) is 6.92 Å². The Kier molecular flexibility index (Phi) is 4.10. The van der Waals surface area contributed by atoms with E-state index in [4.69, 9.17) is 5.41 Å². The highest BCUT2D eigenvalue weighted by molar-refractivity contribution is 5.96. The molecule has 4 nitrogen and oxygen atoms in total. The van der Waals surface area contributed by atoms with Gasteiger partial charge in [0, 0.05) is 13.0 Å². The Labute approximate surface area is 93.0 Å². The highest BCUT2D eigenvalue weighted by Crippen LogP contribution is 2.15. The first-order chi connectivity index (χ1) is 7.54. The normalized spacial score (nSPS) is 9.94. The van der Waals surface area contributed by atoms with Gasteiger partial charge in [0.1, 0.15) is 5.69 Å². The topological polar surface area (TPSA) is 63.0 Å². The summed E-state index contributed by atoms with van der Waals surface area (Å²) in [5.41, 5.74) is 0.159. The molecule has 0 atom stereocenters. The number of ether oxygens (including phenoxy) is 1. The number of halogens is 1. The molecule has 5 heteroatoms. The van der Waals surface area contributed by atoms with Crippen LogP contribution in [0.2, 0.25) is 0 Å². The van der Waals surface area contributed by atoms with Crippen LogP contribution in [-0.4, -0.2) is 16.7 Å². The molecule has 0 aliphatic rings. The minimum Gasteiger partial charge on any atom is -0.425 e. The Hall–Kier alpha value is -1.78. The van der Waals surface area contributed by atoms with Crippen LogP contribution in [0, 0.1) is 11.2 Å². The number of nitrogens with zero attached hydrogens (tertiary/aromatic N) is 1. The lowest BCUT2D eigenvalue weighted by Crippen LogP contribution is -2.07. The van der Waals surface area contributed by atoms with Gasteiger partial charge in [-0.3, -0.25) is 4.79 Å². The minimum absolute atomic E-state index is 0.0118. The van der Waals surface area contributed by atoms with E-state index in [-0.39, 0.29) is 17.2 Å². The Bertz CT molecular complexity index is 418. The van der Waals surface area contributed by atoms with Crippen molar-refractivity contribution in [1.82, 2.24) is 4.98 Å². The second-order valence-electron chi connectivity index (χ2n) is 3.32. The minimum atomic E-state index is -0.641. The molecule has 0 unspecified atom stereocenters. The smallest absolute Gasteiger partial charge is 0.308 e. The quantitative estimate of drug-likeness (QED) is 0.630. The van der Waals surface area contributed by atoms with Crippen molar-refractivity contribution in [2.45, 2.75) is 26.7 Å². The first-order valence-electron chi connectivity index (χ1n) is 4.96. The van der Waals surface area contributed by atoms with Gasteiger partial charge in [0.25, 0.3) is 0 Å². The van der Waals surface area contributed by atoms with Crippen molar-refractivity contribution >= 4 is 11.7 Å². The summed E-state index contributed by atoms with van der Waals surface area (Å²) in [4.78, 5) is 14.4. The molecule has 0 amide bonds. The van der Waals surface area contributed by atoms with Gasteiger partial charge in [-0.15, -0.1) is 0 Å². The first-order valence-corrected chi connectivity index (χ1v) is 4.96. The number of hydrogen-bond acceptors (Lipinski definition) is 4. The van der Waals surface area contributed by atoms with Gasteiger partial charge in [-0.05, 0) is 6.42 Å². The molecular weight excluding hydrogens is 211 g/mol. The number of aromatic nitrogens is 1. The van der Waals surface area contributed by atoms with Crippen LogP contribution in [0.4, 0.5) is 4.39 Å². The van der Waals surface area contributed by atoms with Gasteiger partial charge in [-0.25, -0.2) is 9.37 Å². The van der Waals surface area contributed by atoms with Crippen LogP contribution in [0.3, 0.4) is 0 Å². The van der Waals surface area contributed by atoms with Crippen LogP contribution in [0.5, 0.6) is 5.75 Å². The van der Waals surface area contributed by atoms with E-state index in [0.29, 0.717) is 6.42 Å². The summed E-state index contributed by atoms with van der Waals surface area (Å²) in [6.07, 6.45) is 2.46. The van der Waals surface area contributed by atoms with Crippen molar-refractivity contribution in [2.24, 2.45) is 0 Å². The molecule has 1 heterocycles. The van der Waals surface area contributed by atoms with Gasteiger partial charge in [0.15, 0.2) is 11.6 Å². The SMILES string of the molecule is CCCC(=N)c1ncc(OC(C)=O)cc1F. The molecule has 1 aromatic rings. The van der Waals surface area contributed by atoms with Crippen LogP contribution >= 0.6 is 0 Å². The molecule has 86 valence electrons. The van der Waals surface area contributed by atoms with Crippen LogP contribution in [0.15, 0.2) is 12.3 Å². The first kappa shape index (κ1) is 12.3. The van der Waals surface area contributed by atoms with Crippen LogP contribution < -0.4 is 4.74 Å². The number of carbonyl (C=O) groups is 1. The largest absolute Gasteiger partial charge is 0.425 e. The van der Waals surface area contributed by atoms with Crippen molar-refractivity contribution in [1.29, 1.82) is 5.41 Å². The van der Waals surface area contributed by atoms with Crippen molar-refractivity contribution in [3.8, 4) is 5.75 Å². The van der Waals surface area contributed by atoms with Crippen LogP contribution in [-0.2, 0) is 4.79 Å². The standard InChI is InChI=1S/C11H13FN2O2/c1-3-4-10(13)11-9(12)5-8(6-14-11)16-7(2)15/h5-6,13H,3-4H2,1-2H3. The number of nitrogens with one attached hydrogen (secondary N) is 1. The lowest BCUT2D eigenvalue weighted by Gasteiger charge is -2.05. The second-order valence-corrected chi connectivity index (χ2v) is 3.32. The molecule has 1 N–H and O–H groups in total. The zero-order valence-electron chi connectivity index (χ0n) is 9.21. The summed E-state index contributed by atoms with van der Waals surface area (Å²) in [6, 6.07) is 1.06. The predicted octanol–water partition coefficient (Wildman–Crippen LogP) is 2.31. The molecule has 16 heavy (non-hydrogen) atoms. The zero-order valence-corrected chi connectivity index (χ0v) is 9.21. The van der Waals surface area contributed by atoms with Gasteiger partial charge in [0.2, 0.25) is 0 Å². The molecule has 0 aliphatic heterocycles. The second kappa shape index (κ2) is 5.34. The van der Waals surface area contributed by atoms with Crippen molar-refractivity contribution in [3.63, 3.8) is 0 Å². The van der Waals surface area contributed by atoms with Gasteiger partial charge in [-0.2, -0.15) is 0 Å². The van der Waals surface area contributed by atoms with Gasteiger partial charge in [-0.1, -0.05) is 13.3 Å². The third-order valence-corrected chi connectivity index (χ3v) is 1.86. The lowest BCUT2D eigenvalue weighted by atomic mass is 10.1. The monoisotopic (exact) mass is 224 g/mol. The van der Waals surface area contributed by atoms with E-state index < -0.39 is 11.8 Å². The molecule has 1 rings (SSSR count). The van der Waals surface area contributed by atoms with Crippen molar-refractivity contribution in [2.75, 3.05) is 0 Å². The summed E-state index contributed by atoms with van der Waals surface area (Å²) in [6.45, 7) is 3.13. The summed E-state index contributed by atoms with van der Waals surface area (Å²) in [7, 11) is 0. The highest BCUT2D eigenvalue weighted by atomic mass is 19.1. The molecule has 1 aromatic heterocycles. The average molecular weight is 224 g/mol. The zero-order chi connectivity index (χ0) is 12.1. The molecule has 0 spiro atoms. The number of carbonyl (C=O) groups excluding carboxylic acids is 1. The summed E-state index contributed by atoms with van der Waals surface area (Å²) in [5.74, 6) is -1.12. The average Bonchev–Trinajstić information content (AvgIpc) is 2.16. The molecule has 0 bridgehead atoms. The maximum absolute atomic E-state index is 13.5. The van der Waals surface area contributed by atoms with Crippen LogP contribution in [0.25, 0.3) is 0 Å². The molecule has 0 radical (unpaired) electrons. The van der Waals surface area contributed by atoms with Gasteiger partial charge >= 0.3 is 5.97 Å². The van der Waals surface area contributed by atoms with Crippen LogP contribution in [0.1, 0.15) is 32.4 Å². The van der Waals surface area contributed by atoms with E-state index in [1.165, 1.54) is 13.1 Å². The molecule has 0 saturated heterocycles. The van der Waals surface area contributed by atoms with E-state index >= 15 is 0 Å². The number of pyridine rings is 1. The fraction of sp³-hybridized carbons (Fsp3) is 0.364. The van der Waals surface area contributed by atoms with E-state index in [2.05, 4.69) is 9.72 Å². The highest BCUT2D eigenvalue weighted by Gasteiger charge is 2.11. The van der Waals surface area contributed by atoms with Gasteiger partial charge < -0.3 is 10.1 Å². The summed E-state index contributed by atoms with van der Waals surface area (Å²) >= 11 is 0.